The first kappa shape index (κ1) is 18.2. The highest BCUT2D eigenvalue weighted by Crippen LogP contribution is 2.34. The number of methoxy groups -OCH3 is 3. The minimum absolute atomic E-state index is 0.0596. The third-order valence-electron chi connectivity index (χ3n) is 3.29. The van der Waals surface area contributed by atoms with E-state index in [9.17, 15) is 24.8 Å². The van der Waals surface area contributed by atoms with Crippen LogP contribution in [0.25, 0.3) is 0 Å². The zero-order valence-electron chi connectivity index (χ0n) is 12.8. The summed E-state index contributed by atoms with van der Waals surface area (Å²) in [7, 11) is 3.44. The van der Waals surface area contributed by atoms with Crippen LogP contribution in [0.15, 0.2) is 18.2 Å². The quantitative estimate of drug-likeness (QED) is 0.336. The summed E-state index contributed by atoms with van der Waals surface area (Å²) >= 11 is 0. The van der Waals surface area contributed by atoms with E-state index in [1.165, 1.54) is 25.3 Å². The number of nitrogens with zero attached hydrogens (tertiary/aromatic N) is 1. The van der Waals surface area contributed by atoms with Crippen LogP contribution in [0.2, 0.25) is 0 Å². The van der Waals surface area contributed by atoms with Crippen LogP contribution in [0.4, 0.5) is 0 Å². The third kappa shape index (κ3) is 4.31. The van der Waals surface area contributed by atoms with Gasteiger partial charge in [0.05, 0.1) is 27.2 Å². The molecule has 0 saturated carbocycles. The zero-order valence-corrected chi connectivity index (χ0v) is 12.8. The Balaban J connectivity index is 3.38. The number of benzene rings is 1. The molecule has 126 valence electrons. The standard InChI is InChI=1S/C14H17NO8/c1-21-11-6-8(4-5-10(11)16)9(7-15(19)20)12(13(17)22-2)14(18)23-3/h4-6,9,12,16H,7H2,1-3H3/t9-/m1/s1. The Morgan fingerprint density at radius 3 is 2.22 bits per heavy atom. The Morgan fingerprint density at radius 2 is 1.78 bits per heavy atom. The van der Waals surface area contributed by atoms with Crippen LogP contribution in [0.5, 0.6) is 11.5 Å². The van der Waals surface area contributed by atoms with Gasteiger partial charge in [0.1, 0.15) is 0 Å². The van der Waals surface area contributed by atoms with Crippen molar-refractivity contribution >= 4 is 11.9 Å². The van der Waals surface area contributed by atoms with Gasteiger partial charge >= 0.3 is 11.9 Å². The molecule has 1 rings (SSSR count). The molecule has 0 unspecified atom stereocenters. The molecule has 1 N–H and O–H groups in total. The number of carbonyl (C=O) groups excluding carboxylic acids is 2. The second-order valence-corrected chi connectivity index (χ2v) is 4.58. The number of hydrogen-bond acceptors (Lipinski definition) is 8. The van der Waals surface area contributed by atoms with Gasteiger partial charge in [-0.3, -0.25) is 19.7 Å². The number of carbonyl (C=O) groups is 2. The molecular weight excluding hydrogens is 310 g/mol. The largest absolute Gasteiger partial charge is 0.504 e. The second-order valence-electron chi connectivity index (χ2n) is 4.58. The molecular formula is C14H17NO8. The third-order valence-corrected chi connectivity index (χ3v) is 3.29. The average Bonchev–Trinajstić information content (AvgIpc) is 2.53. The summed E-state index contributed by atoms with van der Waals surface area (Å²) in [5, 5.41) is 20.6. The second kappa shape index (κ2) is 7.97. The van der Waals surface area contributed by atoms with Gasteiger partial charge < -0.3 is 19.3 Å². The van der Waals surface area contributed by atoms with Crippen LogP contribution in [0, 0.1) is 16.0 Å². The summed E-state index contributed by atoms with van der Waals surface area (Å²) in [4.78, 5) is 34.1. The molecule has 0 aliphatic rings. The maximum absolute atomic E-state index is 11.9. The monoisotopic (exact) mass is 327 g/mol. The van der Waals surface area contributed by atoms with E-state index in [4.69, 9.17) is 4.74 Å². The molecule has 1 aromatic carbocycles. The van der Waals surface area contributed by atoms with Gasteiger partial charge in [0.25, 0.3) is 0 Å². The van der Waals surface area contributed by atoms with Gasteiger partial charge in [0.2, 0.25) is 6.54 Å². The fourth-order valence-corrected chi connectivity index (χ4v) is 2.17. The van der Waals surface area contributed by atoms with Gasteiger partial charge in [-0.2, -0.15) is 0 Å². The molecule has 0 aliphatic carbocycles. The van der Waals surface area contributed by atoms with E-state index in [-0.39, 0.29) is 17.1 Å². The van der Waals surface area contributed by atoms with E-state index < -0.39 is 35.2 Å². The highest BCUT2D eigenvalue weighted by molar-refractivity contribution is 5.96. The molecule has 0 aromatic heterocycles. The summed E-state index contributed by atoms with van der Waals surface area (Å²) in [5.74, 6) is -4.66. The van der Waals surface area contributed by atoms with E-state index in [2.05, 4.69) is 9.47 Å². The first-order valence-electron chi connectivity index (χ1n) is 6.50. The normalized spacial score (nSPS) is 11.7. The highest BCUT2D eigenvalue weighted by atomic mass is 16.6. The van der Waals surface area contributed by atoms with Gasteiger partial charge in [0.15, 0.2) is 17.4 Å². The maximum Gasteiger partial charge on any atom is 0.320 e. The molecule has 1 aromatic rings. The summed E-state index contributed by atoms with van der Waals surface area (Å²) in [6, 6.07) is 3.94. The fourth-order valence-electron chi connectivity index (χ4n) is 2.17. The van der Waals surface area contributed by atoms with Crippen molar-refractivity contribution in [1.82, 2.24) is 0 Å². The summed E-state index contributed by atoms with van der Waals surface area (Å²) < 4.78 is 14.1. The van der Waals surface area contributed by atoms with E-state index in [1.54, 1.807) is 0 Å². The van der Waals surface area contributed by atoms with Crippen LogP contribution in [-0.4, -0.2) is 49.8 Å². The summed E-state index contributed by atoms with van der Waals surface area (Å²) in [6.07, 6.45) is 0. The van der Waals surface area contributed by atoms with Gasteiger partial charge in [-0.05, 0) is 17.7 Å². The smallest absolute Gasteiger partial charge is 0.320 e. The van der Waals surface area contributed by atoms with Crippen molar-refractivity contribution in [2.24, 2.45) is 5.92 Å². The van der Waals surface area contributed by atoms with Crippen molar-refractivity contribution in [1.29, 1.82) is 0 Å². The molecule has 0 spiro atoms. The molecule has 1 atom stereocenters. The van der Waals surface area contributed by atoms with Gasteiger partial charge in [-0.1, -0.05) is 6.07 Å². The number of aromatic hydroxyl groups is 1. The highest BCUT2D eigenvalue weighted by Gasteiger charge is 2.41. The molecule has 9 nitrogen and oxygen atoms in total. The lowest BCUT2D eigenvalue weighted by Crippen LogP contribution is -2.35. The Kier molecular flexibility index (Phi) is 6.31. The lowest BCUT2D eigenvalue weighted by Gasteiger charge is -2.21. The molecule has 0 fully saturated rings. The van der Waals surface area contributed by atoms with Crippen molar-refractivity contribution in [2.75, 3.05) is 27.9 Å². The van der Waals surface area contributed by atoms with Crippen molar-refractivity contribution in [2.45, 2.75) is 5.92 Å². The van der Waals surface area contributed by atoms with E-state index in [1.807, 2.05) is 0 Å². The molecule has 0 amide bonds. The molecule has 0 radical (unpaired) electrons. The Hall–Kier alpha value is -2.84. The lowest BCUT2D eigenvalue weighted by atomic mass is 9.85. The number of rotatable bonds is 7. The van der Waals surface area contributed by atoms with Gasteiger partial charge in [-0.25, -0.2) is 0 Å². The lowest BCUT2D eigenvalue weighted by molar-refractivity contribution is -0.484. The van der Waals surface area contributed by atoms with Crippen LogP contribution in [0.3, 0.4) is 0 Å². The van der Waals surface area contributed by atoms with Crippen LogP contribution in [-0.2, 0) is 19.1 Å². The predicted molar refractivity (Wildman–Crippen MR) is 76.8 cm³/mol. The Morgan fingerprint density at radius 1 is 1.22 bits per heavy atom. The van der Waals surface area contributed by atoms with Gasteiger partial charge in [0, 0.05) is 4.92 Å². The van der Waals surface area contributed by atoms with E-state index in [0.717, 1.165) is 14.2 Å². The minimum Gasteiger partial charge on any atom is -0.504 e. The van der Waals surface area contributed by atoms with Gasteiger partial charge in [-0.15, -0.1) is 0 Å². The molecule has 23 heavy (non-hydrogen) atoms. The Bertz CT molecular complexity index is 584. The van der Waals surface area contributed by atoms with Crippen molar-refractivity contribution < 1.29 is 33.8 Å². The van der Waals surface area contributed by atoms with Crippen LogP contribution < -0.4 is 4.74 Å². The SMILES string of the molecule is COC(=O)C(C(=O)OC)[C@H](C[N+](=O)[O-])c1ccc(O)c(OC)c1. The molecule has 0 aliphatic heterocycles. The number of phenols is 1. The molecule has 0 bridgehead atoms. The summed E-state index contributed by atoms with van der Waals surface area (Å²) in [5.41, 5.74) is 0.261. The first-order valence-corrected chi connectivity index (χ1v) is 6.50. The van der Waals surface area contributed by atoms with Crippen molar-refractivity contribution in [3.05, 3.63) is 33.9 Å². The summed E-state index contributed by atoms with van der Waals surface area (Å²) in [6.45, 7) is -0.706. The Labute approximate surface area is 131 Å². The predicted octanol–water partition coefficient (Wildman–Crippen LogP) is 0.723. The minimum atomic E-state index is -1.51. The number of hydrogen-bond donors (Lipinski definition) is 1. The fraction of sp³-hybridized carbons (Fsp3) is 0.429. The van der Waals surface area contributed by atoms with Crippen molar-refractivity contribution in [3.8, 4) is 11.5 Å². The molecule has 0 heterocycles. The topological polar surface area (TPSA) is 125 Å². The molecule has 0 saturated heterocycles. The number of esters is 2. The zero-order chi connectivity index (χ0) is 17.6. The van der Waals surface area contributed by atoms with Crippen LogP contribution in [0.1, 0.15) is 11.5 Å². The van der Waals surface area contributed by atoms with E-state index in [0.29, 0.717) is 0 Å². The first-order chi connectivity index (χ1) is 10.8. The number of phenolic OH excluding ortho intramolecular Hbond substituents is 1. The maximum atomic E-state index is 11.9. The number of nitro groups is 1. The van der Waals surface area contributed by atoms with E-state index >= 15 is 0 Å². The van der Waals surface area contributed by atoms with Crippen molar-refractivity contribution in [3.63, 3.8) is 0 Å². The number of ether oxygens (including phenoxy) is 3. The van der Waals surface area contributed by atoms with Crippen LogP contribution >= 0.6 is 0 Å². The molecule has 9 heteroatoms. The average molecular weight is 327 g/mol.